The van der Waals surface area contributed by atoms with Gasteiger partial charge in [-0.1, -0.05) is 12.8 Å². The van der Waals surface area contributed by atoms with Crippen molar-refractivity contribution < 1.29 is 23.8 Å². The van der Waals surface area contributed by atoms with Crippen LogP contribution in [0.3, 0.4) is 0 Å². The number of carbonyl (C=O) groups excluding carboxylic acids is 2. The van der Waals surface area contributed by atoms with E-state index in [0.717, 1.165) is 25.0 Å². The van der Waals surface area contributed by atoms with E-state index in [2.05, 4.69) is 22.6 Å². The maximum atomic E-state index is 11.8. The number of hydrogen-bond donors (Lipinski definition) is 0. The van der Waals surface area contributed by atoms with Gasteiger partial charge in [0.2, 0.25) is 0 Å². The molecule has 0 saturated carbocycles. The molecule has 0 radical (unpaired) electrons. The maximum Gasteiger partial charge on any atom is 0.320 e. The summed E-state index contributed by atoms with van der Waals surface area (Å²) in [7, 11) is 0. The predicted octanol–water partition coefficient (Wildman–Crippen LogP) is 3.97. The lowest BCUT2D eigenvalue weighted by Gasteiger charge is -2.14. The Kier molecular flexibility index (Phi) is 10.5. The molecule has 0 aliphatic heterocycles. The van der Waals surface area contributed by atoms with Crippen LogP contribution in [0.1, 0.15) is 39.5 Å². The second-order valence-corrected chi connectivity index (χ2v) is 6.45. The third kappa shape index (κ3) is 7.99. The van der Waals surface area contributed by atoms with E-state index in [4.69, 9.17) is 14.2 Å². The molecule has 0 saturated heterocycles. The molecule has 0 aromatic heterocycles. The van der Waals surface area contributed by atoms with Crippen LogP contribution in [0.15, 0.2) is 24.3 Å². The standard InChI is InChI=1S/C18H25IO5/c1-3-22-17(20)16(18(21)23-4-2)8-6-5-7-13-24-15-11-9-14(19)10-12-15/h9-12,16H,3-8,13H2,1-2H3. The number of esters is 2. The third-order valence-electron chi connectivity index (χ3n) is 3.36. The highest BCUT2D eigenvalue weighted by atomic mass is 127. The van der Waals surface area contributed by atoms with E-state index in [1.807, 2.05) is 24.3 Å². The van der Waals surface area contributed by atoms with Gasteiger partial charge >= 0.3 is 11.9 Å². The van der Waals surface area contributed by atoms with Crippen molar-refractivity contribution >= 4 is 34.5 Å². The summed E-state index contributed by atoms with van der Waals surface area (Å²) in [6.45, 7) is 4.59. The molecule has 0 atom stereocenters. The average Bonchev–Trinajstić information content (AvgIpc) is 2.56. The second-order valence-electron chi connectivity index (χ2n) is 5.21. The van der Waals surface area contributed by atoms with E-state index in [1.165, 1.54) is 3.57 Å². The minimum Gasteiger partial charge on any atom is -0.494 e. The van der Waals surface area contributed by atoms with Crippen LogP contribution < -0.4 is 4.74 Å². The lowest BCUT2D eigenvalue weighted by Crippen LogP contribution is -2.28. The highest BCUT2D eigenvalue weighted by Gasteiger charge is 2.28. The molecule has 1 rings (SSSR count). The summed E-state index contributed by atoms with van der Waals surface area (Å²) < 4.78 is 16.7. The second kappa shape index (κ2) is 12.1. The van der Waals surface area contributed by atoms with Crippen molar-refractivity contribution in [2.45, 2.75) is 39.5 Å². The first-order valence-corrected chi connectivity index (χ1v) is 9.38. The molecule has 5 nitrogen and oxygen atoms in total. The number of halogens is 1. The van der Waals surface area contributed by atoms with Crippen molar-refractivity contribution in [1.29, 1.82) is 0 Å². The van der Waals surface area contributed by atoms with Crippen molar-refractivity contribution in [3.63, 3.8) is 0 Å². The van der Waals surface area contributed by atoms with E-state index >= 15 is 0 Å². The molecule has 0 heterocycles. The zero-order valence-corrected chi connectivity index (χ0v) is 16.4. The first-order chi connectivity index (χ1) is 11.6. The maximum absolute atomic E-state index is 11.8. The fraction of sp³-hybridized carbons (Fsp3) is 0.556. The fourth-order valence-corrected chi connectivity index (χ4v) is 2.53. The van der Waals surface area contributed by atoms with Crippen LogP contribution in [0.25, 0.3) is 0 Å². The minimum absolute atomic E-state index is 0.262. The lowest BCUT2D eigenvalue weighted by molar-refractivity contribution is -0.161. The van der Waals surface area contributed by atoms with Gasteiger partial charge in [-0.3, -0.25) is 9.59 Å². The Hall–Kier alpha value is -1.31. The van der Waals surface area contributed by atoms with Crippen LogP contribution in [-0.4, -0.2) is 31.8 Å². The molecule has 134 valence electrons. The summed E-state index contributed by atoms with van der Waals surface area (Å²) in [6, 6.07) is 7.89. The average molecular weight is 448 g/mol. The quantitative estimate of drug-likeness (QED) is 0.222. The largest absolute Gasteiger partial charge is 0.494 e. The summed E-state index contributed by atoms with van der Waals surface area (Å²) in [5.74, 6) is -0.953. The fourth-order valence-electron chi connectivity index (χ4n) is 2.17. The van der Waals surface area contributed by atoms with E-state index < -0.39 is 17.9 Å². The normalized spacial score (nSPS) is 10.5. The first kappa shape index (κ1) is 20.7. The van der Waals surface area contributed by atoms with E-state index in [0.29, 0.717) is 13.0 Å². The smallest absolute Gasteiger partial charge is 0.320 e. The van der Waals surface area contributed by atoms with E-state index in [1.54, 1.807) is 13.8 Å². The SMILES string of the molecule is CCOC(=O)C(CCCCCOc1ccc(I)cc1)C(=O)OCC. The number of ether oxygens (including phenoxy) is 3. The molecule has 0 spiro atoms. The topological polar surface area (TPSA) is 61.8 Å². The first-order valence-electron chi connectivity index (χ1n) is 8.30. The highest BCUT2D eigenvalue weighted by Crippen LogP contribution is 2.16. The molecule has 0 N–H and O–H groups in total. The summed E-state index contributed by atoms with van der Waals surface area (Å²) in [5, 5.41) is 0. The molecule has 24 heavy (non-hydrogen) atoms. The van der Waals surface area contributed by atoms with E-state index in [-0.39, 0.29) is 13.2 Å². The summed E-state index contributed by atoms with van der Waals surface area (Å²) in [5.41, 5.74) is 0. The van der Waals surface area contributed by atoms with Crippen molar-refractivity contribution in [2.75, 3.05) is 19.8 Å². The van der Waals surface area contributed by atoms with Gasteiger partial charge in [0.25, 0.3) is 0 Å². The minimum atomic E-state index is -0.818. The van der Waals surface area contributed by atoms with Gasteiger partial charge in [0.05, 0.1) is 19.8 Å². The Balaban J connectivity index is 2.27. The van der Waals surface area contributed by atoms with Gasteiger partial charge in [-0.05, 0) is 73.5 Å². The molecular formula is C18H25IO5. The zero-order chi connectivity index (χ0) is 17.8. The van der Waals surface area contributed by atoms with Crippen LogP contribution in [0.4, 0.5) is 0 Å². The molecule has 0 unspecified atom stereocenters. The lowest BCUT2D eigenvalue weighted by atomic mass is 10.0. The summed E-state index contributed by atoms with van der Waals surface area (Å²) in [6.07, 6.45) is 2.93. The number of benzene rings is 1. The van der Waals surface area contributed by atoms with Crippen molar-refractivity contribution in [1.82, 2.24) is 0 Å². The highest BCUT2D eigenvalue weighted by molar-refractivity contribution is 14.1. The molecule has 6 heteroatoms. The van der Waals surface area contributed by atoms with Gasteiger partial charge in [0, 0.05) is 3.57 Å². The van der Waals surface area contributed by atoms with Crippen LogP contribution in [-0.2, 0) is 19.1 Å². The third-order valence-corrected chi connectivity index (χ3v) is 4.08. The molecule has 0 aliphatic carbocycles. The molecule has 1 aromatic rings. The Morgan fingerprint density at radius 2 is 1.54 bits per heavy atom. The number of carbonyl (C=O) groups is 2. The number of rotatable bonds is 11. The molecule has 0 bridgehead atoms. The molecule has 1 aromatic carbocycles. The number of unbranched alkanes of at least 4 members (excludes halogenated alkanes) is 2. The Morgan fingerprint density at radius 3 is 2.08 bits per heavy atom. The molecule has 0 amide bonds. The Morgan fingerprint density at radius 1 is 0.958 bits per heavy atom. The van der Waals surface area contributed by atoms with Gasteiger partial charge in [-0.2, -0.15) is 0 Å². The van der Waals surface area contributed by atoms with Gasteiger partial charge in [-0.15, -0.1) is 0 Å². The monoisotopic (exact) mass is 448 g/mol. The van der Waals surface area contributed by atoms with Gasteiger partial charge in [0.15, 0.2) is 5.92 Å². The molecule has 0 fully saturated rings. The van der Waals surface area contributed by atoms with Crippen LogP contribution in [0, 0.1) is 9.49 Å². The van der Waals surface area contributed by atoms with Crippen LogP contribution >= 0.6 is 22.6 Å². The Bertz CT molecular complexity index is 483. The van der Waals surface area contributed by atoms with Crippen LogP contribution in [0.2, 0.25) is 0 Å². The number of hydrogen-bond acceptors (Lipinski definition) is 5. The predicted molar refractivity (Wildman–Crippen MR) is 99.9 cm³/mol. The van der Waals surface area contributed by atoms with Gasteiger partial charge in [0.1, 0.15) is 5.75 Å². The van der Waals surface area contributed by atoms with E-state index in [9.17, 15) is 9.59 Å². The summed E-state index contributed by atoms with van der Waals surface area (Å²) >= 11 is 2.25. The van der Waals surface area contributed by atoms with Crippen molar-refractivity contribution in [2.24, 2.45) is 5.92 Å². The zero-order valence-electron chi connectivity index (χ0n) is 14.3. The Labute approximate surface area is 157 Å². The molecule has 0 aliphatic rings. The summed E-state index contributed by atoms with van der Waals surface area (Å²) in [4.78, 5) is 23.7. The molecular weight excluding hydrogens is 423 g/mol. The van der Waals surface area contributed by atoms with Gasteiger partial charge in [-0.25, -0.2) is 0 Å². The van der Waals surface area contributed by atoms with Crippen molar-refractivity contribution in [3.8, 4) is 5.75 Å². The van der Waals surface area contributed by atoms with Crippen LogP contribution in [0.5, 0.6) is 5.75 Å². The van der Waals surface area contributed by atoms with Gasteiger partial charge < -0.3 is 14.2 Å². The van der Waals surface area contributed by atoms with Crippen molar-refractivity contribution in [3.05, 3.63) is 27.8 Å².